The van der Waals surface area contributed by atoms with Crippen LogP contribution in [0, 0.1) is 5.92 Å². The van der Waals surface area contributed by atoms with Gasteiger partial charge in [-0.15, -0.1) is 0 Å². The summed E-state index contributed by atoms with van der Waals surface area (Å²) in [6.07, 6.45) is 1.16. The summed E-state index contributed by atoms with van der Waals surface area (Å²) in [6.45, 7) is 8.77. The molecule has 1 atom stereocenters. The molecule has 0 aliphatic carbocycles. The average molecular weight is 185 g/mol. The van der Waals surface area contributed by atoms with Crippen LogP contribution in [0.25, 0.3) is 0 Å². The first-order chi connectivity index (χ1) is 5.99. The number of amidine groups is 1. The van der Waals surface area contributed by atoms with E-state index in [1.807, 2.05) is 6.92 Å². The highest BCUT2D eigenvalue weighted by atomic mass is 16.2. The predicted octanol–water partition coefficient (Wildman–Crippen LogP) is 0.00980. The lowest BCUT2D eigenvalue weighted by Crippen LogP contribution is -2.77. The van der Waals surface area contributed by atoms with E-state index in [-0.39, 0.29) is 5.91 Å². The van der Waals surface area contributed by atoms with Gasteiger partial charge < -0.3 is 0 Å². The fourth-order valence-corrected chi connectivity index (χ4v) is 0.821. The molecule has 76 valence electrons. The summed E-state index contributed by atoms with van der Waals surface area (Å²) < 4.78 is 0. The molecule has 3 nitrogen and oxygen atoms in total. The van der Waals surface area contributed by atoms with Crippen molar-refractivity contribution < 1.29 is 9.79 Å². The number of carbonyl (C=O) groups excluding carboxylic acids is 1. The fourth-order valence-electron chi connectivity index (χ4n) is 0.821. The van der Waals surface area contributed by atoms with Crippen molar-refractivity contribution in [1.82, 2.24) is 4.90 Å². The third kappa shape index (κ3) is 4.65. The Labute approximate surface area is 80.8 Å². The molecule has 0 saturated heterocycles. The molecule has 0 saturated carbocycles. The number of amides is 1. The van der Waals surface area contributed by atoms with Crippen molar-refractivity contribution in [1.29, 1.82) is 0 Å². The number of carbonyl (C=O) groups is 1. The summed E-state index contributed by atoms with van der Waals surface area (Å²) in [5.41, 5.74) is 0. The summed E-state index contributed by atoms with van der Waals surface area (Å²) in [5, 5.41) is 0. The van der Waals surface area contributed by atoms with Crippen molar-refractivity contribution in [3.63, 3.8) is 0 Å². The van der Waals surface area contributed by atoms with Crippen LogP contribution in [0.4, 0.5) is 0 Å². The van der Waals surface area contributed by atoms with E-state index in [0.29, 0.717) is 5.92 Å². The molecule has 0 aromatic carbocycles. The van der Waals surface area contributed by atoms with Crippen molar-refractivity contribution in [2.24, 2.45) is 5.92 Å². The zero-order valence-electron chi connectivity index (χ0n) is 9.35. The quantitative estimate of drug-likeness (QED) is 0.488. The van der Waals surface area contributed by atoms with Crippen LogP contribution in [0.1, 0.15) is 34.1 Å². The number of nitrogens with zero attached hydrogens (tertiary/aromatic N) is 1. The lowest BCUT2D eigenvalue weighted by molar-refractivity contribution is -0.470. The second kappa shape index (κ2) is 5.73. The SMILES string of the molecule is CCC(C)C[NH+]=C(C)N(C)C(C)=O. The normalized spacial score (nSPS) is 14.1. The van der Waals surface area contributed by atoms with Gasteiger partial charge >= 0.3 is 5.91 Å². The molecule has 0 spiro atoms. The molecule has 0 aromatic rings. The largest absolute Gasteiger partial charge is 0.306 e. The molecular formula is C10H21N2O+. The Morgan fingerprint density at radius 1 is 1.46 bits per heavy atom. The van der Waals surface area contributed by atoms with E-state index in [2.05, 4.69) is 18.8 Å². The molecule has 13 heavy (non-hydrogen) atoms. The van der Waals surface area contributed by atoms with Gasteiger partial charge in [-0.25, -0.2) is 9.69 Å². The fraction of sp³-hybridized carbons (Fsp3) is 0.800. The van der Waals surface area contributed by atoms with Crippen LogP contribution in [0.3, 0.4) is 0 Å². The Kier molecular flexibility index (Phi) is 5.35. The highest BCUT2D eigenvalue weighted by Crippen LogP contribution is 1.93. The van der Waals surface area contributed by atoms with Gasteiger partial charge in [0.25, 0.3) is 0 Å². The number of rotatable bonds is 3. The third-order valence-corrected chi connectivity index (χ3v) is 2.38. The molecule has 1 unspecified atom stereocenters. The molecule has 1 N–H and O–H groups in total. The number of nitrogens with one attached hydrogen (secondary N) is 1. The average Bonchev–Trinajstić information content (AvgIpc) is 2.11. The standard InChI is InChI=1S/C10H20N2O/c1-6-8(2)7-11-9(3)12(5)10(4)13/h8H,6-7H2,1-5H3/p+1. The van der Waals surface area contributed by atoms with Crippen LogP contribution >= 0.6 is 0 Å². The van der Waals surface area contributed by atoms with Crippen molar-refractivity contribution in [2.75, 3.05) is 13.6 Å². The van der Waals surface area contributed by atoms with Gasteiger partial charge in [0.15, 0.2) is 0 Å². The third-order valence-electron chi connectivity index (χ3n) is 2.38. The Morgan fingerprint density at radius 2 is 2.00 bits per heavy atom. The maximum absolute atomic E-state index is 11.0. The summed E-state index contributed by atoms with van der Waals surface area (Å²) >= 11 is 0. The Hall–Kier alpha value is -0.860. The highest BCUT2D eigenvalue weighted by molar-refractivity contribution is 5.92. The molecule has 0 aliphatic heterocycles. The van der Waals surface area contributed by atoms with Crippen molar-refractivity contribution in [3.05, 3.63) is 0 Å². The van der Waals surface area contributed by atoms with Crippen LogP contribution in [0.2, 0.25) is 0 Å². The van der Waals surface area contributed by atoms with Crippen molar-refractivity contribution in [3.8, 4) is 0 Å². The zero-order chi connectivity index (χ0) is 10.4. The van der Waals surface area contributed by atoms with Crippen LogP contribution in [-0.2, 0) is 4.79 Å². The van der Waals surface area contributed by atoms with E-state index in [4.69, 9.17) is 0 Å². The Balaban J connectivity index is 4.08. The molecule has 0 radical (unpaired) electrons. The van der Waals surface area contributed by atoms with Gasteiger partial charge in [0.05, 0.1) is 13.6 Å². The summed E-state index contributed by atoms with van der Waals surface area (Å²) in [5.74, 6) is 1.64. The topological polar surface area (TPSA) is 34.3 Å². The monoisotopic (exact) mass is 185 g/mol. The lowest BCUT2D eigenvalue weighted by Gasteiger charge is -2.07. The van der Waals surface area contributed by atoms with Gasteiger partial charge in [-0.2, -0.15) is 0 Å². The van der Waals surface area contributed by atoms with Gasteiger partial charge in [-0.1, -0.05) is 13.8 Å². The van der Waals surface area contributed by atoms with Crippen LogP contribution in [-0.4, -0.2) is 30.2 Å². The van der Waals surface area contributed by atoms with Crippen LogP contribution < -0.4 is 4.99 Å². The molecular weight excluding hydrogens is 164 g/mol. The van der Waals surface area contributed by atoms with Crippen molar-refractivity contribution >= 4 is 11.7 Å². The first-order valence-electron chi connectivity index (χ1n) is 4.80. The van der Waals surface area contributed by atoms with Crippen LogP contribution in [0.5, 0.6) is 0 Å². The maximum atomic E-state index is 11.0. The van der Waals surface area contributed by atoms with E-state index in [9.17, 15) is 4.79 Å². The van der Waals surface area contributed by atoms with E-state index < -0.39 is 0 Å². The van der Waals surface area contributed by atoms with Gasteiger partial charge in [-0.3, -0.25) is 4.99 Å². The smallest absolute Gasteiger partial charge is 0.278 e. The van der Waals surface area contributed by atoms with E-state index in [1.165, 1.54) is 0 Å². The number of hydrogen-bond acceptors (Lipinski definition) is 1. The Bertz CT molecular complexity index is 199. The minimum atomic E-state index is 0.0640. The number of hydrogen-bond donors (Lipinski definition) is 1. The van der Waals surface area contributed by atoms with Crippen molar-refractivity contribution in [2.45, 2.75) is 34.1 Å². The highest BCUT2D eigenvalue weighted by Gasteiger charge is 2.13. The van der Waals surface area contributed by atoms with Gasteiger partial charge in [0.1, 0.15) is 0 Å². The van der Waals surface area contributed by atoms with Crippen LogP contribution in [0.15, 0.2) is 0 Å². The van der Waals surface area contributed by atoms with E-state index in [1.54, 1.807) is 18.9 Å². The molecule has 3 heteroatoms. The lowest BCUT2D eigenvalue weighted by atomic mass is 10.1. The summed E-state index contributed by atoms with van der Waals surface area (Å²) in [4.78, 5) is 15.8. The molecule has 0 heterocycles. The van der Waals surface area contributed by atoms with E-state index >= 15 is 0 Å². The summed E-state index contributed by atoms with van der Waals surface area (Å²) in [7, 11) is 1.78. The second-order valence-corrected chi connectivity index (χ2v) is 3.56. The second-order valence-electron chi connectivity index (χ2n) is 3.56. The predicted molar refractivity (Wildman–Crippen MR) is 54.4 cm³/mol. The van der Waals surface area contributed by atoms with Gasteiger partial charge in [-0.05, 0) is 12.3 Å². The summed E-state index contributed by atoms with van der Waals surface area (Å²) in [6, 6.07) is 0. The Morgan fingerprint density at radius 3 is 2.38 bits per heavy atom. The molecule has 0 fully saturated rings. The van der Waals surface area contributed by atoms with Gasteiger partial charge in [0.2, 0.25) is 5.84 Å². The molecule has 0 aliphatic rings. The zero-order valence-corrected chi connectivity index (χ0v) is 9.35. The molecule has 0 rings (SSSR count). The first kappa shape index (κ1) is 12.1. The first-order valence-corrected chi connectivity index (χ1v) is 4.80. The molecule has 1 amide bonds. The van der Waals surface area contributed by atoms with Gasteiger partial charge in [0, 0.05) is 13.8 Å². The van der Waals surface area contributed by atoms with E-state index in [0.717, 1.165) is 18.8 Å². The maximum Gasteiger partial charge on any atom is 0.306 e. The molecule has 0 bridgehead atoms. The minimum Gasteiger partial charge on any atom is -0.278 e. The minimum absolute atomic E-state index is 0.0640. The molecule has 0 aromatic heterocycles.